The Bertz CT molecular complexity index is 194. The second kappa shape index (κ2) is 4.45. The zero-order valence-corrected chi connectivity index (χ0v) is 11.4. The highest BCUT2D eigenvalue weighted by Gasteiger charge is 2.44. The predicted molar refractivity (Wildman–Crippen MR) is 65.9 cm³/mol. The van der Waals surface area contributed by atoms with Crippen LogP contribution in [0.3, 0.4) is 0 Å². The second-order valence-corrected chi connectivity index (χ2v) is 7.37. The van der Waals surface area contributed by atoms with Gasteiger partial charge in [-0.05, 0) is 35.5 Å². The summed E-state index contributed by atoms with van der Waals surface area (Å²) in [5.41, 5.74) is 0.821. The molecule has 1 aliphatic rings. The van der Waals surface area contributed by atoms with Crippen molar-refractivity contribution >= 4 is 0 Å². The van der Waals surface area contributed by atoms with Crippen LogP contribution in [-0.2, 0) is 4.74 Å². The zero-order valence-electron chi connectivity index (χ0n) is 11.4. The van der Waals surface area contributed by atoms with Gasteiger partial charge < -0.3 is 4.74 Å². The van der Waals surface area contributed by atoms with Crippen LogP contribution >= 0.6 is 0 Å². The summed E-state index contributed by atoms with van der Waals surface area (Å²) in [7, 11) is 0. The van der Waals surface area contributed by atoms with Crippen molar-refractivity contribution in [2.75, 3.05) is 13.2 Å². The lowest BCUT2D eigenvalue weighted by Crippen LogP contribution is -2.15. The molecule has 1 fully saturated rings. The van der Waals surface area contributed by atoms with Gasteiger partial charge in [0.25, 0.3) is 0 Å². The van der Waals surface area contributed by atoms with E-state index in [4.69, 9.17) is 4.74 Å². The Morgan fingerprint density at radius 1 is 1.07 bits per heavy atom. The molecule has 0 radical (unpaired) electrons. The molecule has 0 N–H and O–H groups in total. The molecule has 0 saturated heterocycles. The van der Waals surface area contributed by atoms with E-state index in [0.717, 1.165) is 25.0 Å². The monoisotopic (exact) mass is 212 g/mol. The Hall–Kier alpha value is -0.0400. The molecule has 1 saturated carbocycles. The average molecular weight is 212 g/mol. The van der Waals surface area contributed by atoms with Gasteiger partial charge in [-0.25, -0.2) is 0 Å². The molecule has 1 aliphatic carbocycles. The van der Waals surface area contributed by atoms with Crippen LogP contribution in [0.4, 0.5) is 0 Å². The molecule has 0 amide bonds. The summed E-state index contributed by atoms with van der Waals surface area (Å²) >= 11 is 0. The minimum Gasteiger partial charge on any atom is -0.381 e. The molecule has 1 heteroatoms. The largest absolute Gasteiger partial charge is 0.381 e. The van der Waals surface area contributed by atoms with E-state index in [0.29, 0.717) is 10.8 Å². The van der Waals surface area contributed by atoms with Crippen molar-refractivity contribution in [2.24, 2.45) is 22.7 Å². The van der Waals surface area contributed by atoms with Gasteiger partial charge in [-0.1, -0.05) is 41.5 Å². The lowest BCUT2D eigenvalue weighted by atomic mass is 9.88. The van der Waals surface area contributed by atoms with Crippen LogP contribution in [-0.4, -0.2) is 13.2 Å². The molecule has 0 bridgehead atoms. The lowest BCUT2D eigenvalue weighted by molar-refractivity contribution is 0.0658. The topological polar surface area (TPSA) is 9.23 Å². The fourth-order valence-electron chi connectivity index (χ4n) is 2.24. The van der Waals surface area contributed by atoms with Crippen LogP contribution in [0.5, 0.6) is 0 Å². The third-order valence-corrected chi connectivity index (χ3v) is 3.20. The van der Waals surface area contributed by atoms with Gasteiger partial charge in [-0.15, -0.1) is 0 Å². The van der Waals surface area contributed by atoms with Crippen LogP contribution in [0.1, 0.15) is 54.4 Å². The molecule has 2 unspecified atom stereocenters. The van der Waals surface area contributed by atoms with E-state index < -0.39 is 0 Å². The molecule has 0 aromatic carbocycles. The standard InChI is InChI=1S/C14H28O/c1-13(2,3)10-15-8-7-11-9-12(11)14(4,5)6/h11-12H,7-10H2,1-6H3. The van der Waals surface area contributed by atoms with Gasteiger partial charge in [0.05, 0.1) is 6.61 Å². The maximum absolute atomic E-state index is 5.71. The van der Waals surface area contributed by atoms with Gasteiger partial charge in [0.2, 0.25) is 0 Å². The third-order valence-electron chi connectivity index (χ3n) is 3.20. The highest BCUT2D eigenvalue weighted by atomic mass is 16.5. The molecule has 0 spiro atoms. The molecular formula is C14H28O. The highest BCUT2D eigenvalue weighted by Crippen LogP contribution is 2.52. The van der Waals surface area contributed by atoms with Gasteiger partial charge in [0.15, 0.2) is 0 Å². The van der Waals surface area contributed by atoms with Gasteiger partial charge in [-0.3, -0.25) is 0 Å². The van der Waals surface area contributed by atoms with Crippen LogP contribution < -0.4 is 0 Å². The van der Waals surface area contributed by atoms with E-state index in [-0.39, 0.29) is 0 Å². The Labute approximate surface area is 95.6 Å². The van der Waals surface area contributed by atoms with E-state index in [9.17, 15) is 0 Å². The number of hydrogen-bond acceptors (Lipinski definition) is 1. The first kappa shape index (κ1) is 13.0. The Kier molecular flexibility index (Phi) is 3.86. The molecule has 0 aromatic rings. The van der Waals surface area contributed by atoms with Crippen LogP contribution in [0.2, 0.25) is 0 Å². The minimum atomic E-state index is 0.312. The average Bonchev–Trinajstić information content (AvgIpc) is 2.73. The van der Waals surface area contributed by atoms with Crippen molar-refractivity contribution in [1.82, 2.24) is 0 Å². The van der Waals surface area contributed by atoms with E-state index >= 15 is 0 Å². The van der Waals surface area contributed by atoms with Crippen molar-refractivity contribution in [3.63, 3.8) is 0 Å². The van der Waals surface area contributed by atoms with Crippen molar-refractivity contribution in [3.8, 4) is 0 Å². The summed E-state index contributed by atoms with van der Waals surface area (Å²) in [4.78, 5) is 0. The Morgan fingerprint density at radius 3 is 2.07 bits per heavy atom. The van der Waals surface area contributed by atoms with Gasteiger partial charge in [0.1, 0.15) is 0 Å². The molecule has 15 heavy (non-hydrogen) atoms. The van der Waals surface area contributed by atoms with Gasteiger partial charge in [0, 0.05) is 6.61 Å². The summed E-state index contributed by atoms with van der Waals surface area (Å²) in [6.07, 6.45) is 2.68. The zero-order chi connectivity index (χ0) is 11.7. The highest BCUT2D eigenvalue weighted by molar-refractivity contribution is 4.93. The molecule has 0 heterocycles. The molecular weight excluding hydrogens is 184 g/mol. The number of rotatable bonds is 4. The molecule has 90 valence electrons. The van der Waals surface area contributed by atoms with E-state index in [1.165, 1.54) is 12.8 Å². The third kappa shape index (κ3) is 5.01. The quantitative estimate of drug-likeness (QED) is 0.637. The summed E-state index contributed by atoms with van der Waals surface area (Å²) in [5, 5.41) is 0. The smallest absolute Gasteiger partial charge is 0.0514 e. The van der Waals surface area contributed by atoms with Crippen LogP contribution in [0.25, 0.3) is 0 Å². The predicted octanol–water partition coefficient (Wildman–Crippen LogP) is 4.12. The van der Waals surface area contributed by atoms with Crippen LogP contribution in [0.15, 0.2) is 0 Å². The summed E-state index contributed by atoms with van der Waals surface area (Å²) in [6, 6.07) is 0. The van der Waals surface area contributed by atoms with Crippen molar-refractivity contribution in [3.05, 3.63) is 0 Å². The van der Waals surface area contributed by atoms with Crippen molar-refractivity contribution in [1.29, 1.82) is 0 Å². The molecule has 1 rings (SSSR count). The maximum atomic E-state index is 5.71. The number of hydrogen-bond donors (Lipinski definition) is 0. The first-order valence-electron chi connectivity index (χ1n) is 6.28. The number of ether oxygens (including phenoxy) is 1. The van der Waals surface area contributed by atoms with Gasteiger partial charge >= 0.3 is 0 Å². The molecule has 0 aliphatic heterocycles. The van der Waals surface area contributed by atoms with E-state index in [1.54, 1.807) is 0 Å². The molecule has 2 atom stereocenters. The summed E-state index contributed by atoms with van der Waals surface area (Å²) in [5.74, 6) is 1.88. The van der Waals surface area contributed by atoms with Crippen LogP contribution in [0, 0.1) is 22.7 Å². The fraction of sp³-hybridized carbons (Fsp3) is 1.00. The summed E-state index contributed by atoms with van der Waals surface area (Å²) < 4.78 is 5.71. The second-order valence-electron chi connectivity index (χ2n) is 7.37. The SMILES string of the molecule is CC(C)(C)COCCC1CC1C(C)(C)C. The summed E-state index contributed by atoms with van der Waals surface area (Å²) in [6.45, 7) is 15.6. The van der Waals surface area contributed by atoms with Gasteiger partial charge in [-0.2, -0.15) is 0 Å². The Balaban J connectivity index is 2.05. The van der Waals surface area contributed by atoms with E-state index in [2.05, 4.69) is 41.5 Å². The Morgan fingerprint density at radius 2 is 1.67 bits per heavy atom. The lowest BCUT2D eigenvalue weighted by Gasteiger charge is -2.19. The van der Waals surface area contributed by atoms with Crippen molar-refractivity contribution in [2.45, 2.75) is 54.4 Å². The van der Waals surface area contributed by atoms with Crippen molar-refractivity contribution < 1.29 is 4.74 Å². The van der Waals surface area contributed by atoms with E-state index in [1.807, 2.05) is 0 Å². The first-order chi connectivity index (χ1) is 6.70. The first-order valence-corrected chi connectivity index (χ1v) is 6.28. The molecule has 0 aromatic heterocycles. The maximum Gasteiger partial charge on any atom is 0.0514 e. The fourth-order valence-corrected chi connectivity index (χ4v) is 2.24. The normalized spacial score (nSPS) is 26.8. The minimum absolute atomic E-state index is 0.312. The molecule has 1 nitrogen and oxygen atoms in total.